The molecule has 2 atom stereocenters. The van der Waals surface area contributed by atoms with Crippen LogP contribution in [0.15, 0.2) is 60.0 Å². The van der Waals surface area contributed by atoms with E-state index in [-0.39, 0.29) is 42.9 Å². The first-order chi connectivity index (χ1) is 18.0. The van der Waals surface area contributed by atoms with Crippen LogP contribution in [0.5, 0.6) is 5.75 Å². The van der Waals surface area contributed by atoms with Crippen molar-refractivity contribution in [3.63, 3.8) is 0 Å². The largest absolute Gasteiger partial charge is 0.491 e. The lowest BCUT2D eigenvalue weighted by molar-refractivity contribution is -0.135. The Morgan fingerprint density at radius 1 is 1.19 bits per heavy atom. The number of nitrogens with zero attached hydrogens (tertiary/aromatic N) is 2. The number of hydrogen-bond acceptors (Lipinski definition) is 5. The molecule has 0 saturated carbocycles. The van der Waals surface area contributed by atoms with E-state index >= 15 is 0 Å². The first-order valence-electron chi connectivity index (χ1n) is 12.4. The summed E-state index contributed by atoms with van der Waals surface area (Å²) < 4.78 is 25.4. The topological polar surface area (TPSA) is 59.1 Å². The smallest absolute Gasteiger partial charge is 0.254 e. The molecule has 0 spiro atoms. The lowest BCUT2D eigenvalue weighted by Crippen LogP contribution is -2.49. The molecule has 3 heterocycles. The number of halogens is 2. The predicted octanol–water partition coefficient (Wildman–Crippen LogP) is 5.37. The standard InChI is InChI=1S/C28H28ClFN2O4S/c29-20-5-1-4-19(14-20)28(34)31(16-23-8-3-12-35-23)17-27(33)32-11-9-26-24(10-13-37-26)25(32)18-36-22-7-2-6-21(30)15-22/h1-2,4-7,10,13-15,23,25H,3,8-9,11-12,16-18H2. The van der Waals surface area contributed by atoms with Crippen molar-refractivity contribution in [2.75, 3.05) is 32.8 Å². The fraction of sp³-hybridized carbons (Fsp3) is 0.357. The molecular formula is C28H28ClFN2O4S. The quantitative estimate of drug-likeness (QED) is 0.384. The summed E-state index contributed by atoms with van der Waals surface area (Å²) in [5, 5.41) is 2.48. The SMILES string of the molecule is O=C(c1cccc(Cl)c1)N(CC(=O)N1CCc2sccc2C1COc1cccc(F)c1)CC1CCCO1. The van der Waals surface area contributed by atoms with Gasteiger partial charge in [0.05, 0.1) is 12.1 Å². The van der Waals surface area contributed by atoms with Crippen molar-refractivity contribution >= 4 is 34.8 Å². The fourth-order valence-electron chi connectivity index (χ4n) is 4.92. The molecule has 0 aliphatic carbocycles. The number of thiophene rings is 1. The molecule has 0 bridgehead atoms. The molecule has 0 radical (unpaired) electrons. The summed E-state index contributed by atoms with van der Waals surface area (Å²) in [5.74, 6) is -0.397. The molecule has 194 valence electrons. The number of carbonyl (C=O) groups is 2. The highest BCUT2D eigenvalue weighted by Gasteiger charge is 2.34. The fourth-order valence-corrected chi connectivity index (χ4v) is 6.04. The van der Waals surface area contributed by atoms with Crippen LogP contribution in [0.4, 0.5) is 4.39 Å². The number of rotatable bonds is 8. The maximum Gasteiger partial charge on any atom is 0.254 e. The van der Waals surface area contributed by atoms with Crippen LogP contribution in [0.2, 0.25) is 5.02 Å². The molecule has 2 aromatic carbocycles. The zero-order valence-electron chi connectivity index (χ0n) is 20.3. The highest BCUT2D eigenvalue weighted by molar-refractivity contribution is 7.10. The minimum atomic E-state index is -0.380. The molecule has 0 N–H and O–H groups in total. The zero-order chi connectivity index (χ0) is 25.8. The molecule has 3 aromatic rings. The Balaban J connectivity index is 1.36. The van der Waals surface area contributed by atoms with Crippen molar-refractivity contribution in [1.82, 2.24) is 9.80 Å². The van der Waals surface area contributed by atoms with Crippen molar-refractivity contribution < 1.29 is 23.5 Å². The van der Waals surface area contributed by atoms with E-state index in [0.717, 1.165) is 24.8 Å². The van der Waals surface area contributed by atoms with E-state index in [1.807, 2.05) is 11.4 Å². The molecule has 9 heteroatoms. The Kier molecular flexibility index (Phi) is 8.08. The Hall–Kier alpha value is -2.94. The van der Waals surface area contributed by atoms with Gasteiger partial charge in [0.15, 0.2) is 0 Å². The van der Waals surface area contributed by atoms with E-state index in [9.17, 15) is 14.0 Å². The molecule has 2 aliphatic rings. The number of carbonyl (C=O) groups excluding carboxylic acids is 2. The normalized spacial score (nSPS) is 18.9. The Labute approximate surface area is 224 Å². The molecule has 6 nitrogen and oxygen atoms in total. The molecule has 2 unspecified atom stereocenters. The van der Waals surface area contributed by atoms with Gasteiger partial charge >= 0.3 is 0 Å². The van der Waals surface area contributed by atoms with Crippen LogP contribution in [0.25, 0.3) is 0 Å². The lowest BCUT2D eigenvalue weighted by atomic mass is 10.00. The van der Waals surface area contributed by atoms with E-state index < -0.39 is 0 Å². The summed E-state index contributed by atoms with van der Waals surface area (Å²) in [5.41, 5.74) is 1.47. The van der Waals surface area contributed by atoms with Crippen LogP contribution in [-0.4, -0.2) is 60.6 Å². The second-order valence-corrected chi connectivity index (χ2v) is 10.7. The summed E-state index contributed by atoms with van der Waals surface area (Å²) in [6.45, 7) is 1.61. The molecule has 2 amide bonds. The van der Waals surface area contributed by atoms with Gasteiger partial charge in [-0.1, -0.05) is 23.7 Å². The van der Waals surface area contributed by atoms with E-state index in [0.29, 0.717) is 36.0 Å². The zero-order valence-corrected chi connectivity index (χ0v) is 21.8. The third-order valence-corrected chi connectivity index (χ3v) is 7.98. The highest BCUT2D eigenvalue weighted by atomic mass is 35.5. The van der Waals surface area contributed by atoms with Crippen molar-refractivity contribution in [3.8, 4) is 5.75 Å². The van der Waals surface area contributed by atoms with Gasteiger partial charge in [0.1, 0.15) is 24.7 Å². The average Bonchev–Trinajstić information content (AvgIpc) is 3.58. The van der Waals surface area contributed by atoms with Crippen LogP contribution in [0.3, 0.4) is 0 Å². The minimum Gasteiger partial charge on any atom is -0.491 e. The number of ether oxygens (including phenoxy) is 2. The van der Waals surface area contributed by atoms with Gasteiger partial charge in [-0.25, -0.2) is 4.39 Å². The molecule has 37 heavy (non-hydrogen) atoms. The number of hydrogen-bond donors (Lipinski definition) is 0. The van der Waals surface area contributed by atoms with Crippen LogP contribution in [0.1, 0.15) is 39.7 Å². The van der Waals surface area contributed by atoms with Gasteiger partial charge in [-0.05, 0) is 66.6 Å². The average molecular weight is 543 g/mol. The third kappa shape index (κ3) is 6.14. The monoisotopic (exact) mass is 542 g/mol. The second kappa shape index (κ2) is 11.6. The molecule has 5 rings (SSSR count). The van der Waals surface area contributed by atoms with Gasteiger partial charge in [0, 0.05) is 41.2 Å². The van der Waals surface area contributed by atoms with Gasteiger partial charge in [0.25, 0.3) is 5.91 Å². The van der Waals surface area contributed by atoms with Crippen LogP contribution in [0, 0.1) is 5.82 Å². The van der Waals surface area contributed by atoms with Gasteiger partial charge in [-0.15, -0.1) is 11.3 Å². The molecule has 2 aliphatic heterocycles. The van der Waals surface area contributed by atoms with Crippen molar-refractivity contribution in [2.24, 2.45) is 0 Å². The van der Waals surface area contributed by atoms with Crippen LogP contribution in [-0.2, 0) is 16.0 Å². The number of amides is 2. The first kappa shape index (κ1) is 25.7. The highest BCUT2D eigenvalue weighted by Crippen LogP contribution is 2.34. The lowest BCUT2D eigenvalue weighted by Gasteiger charge is -2.37. The van der Waals surface area contributed by atoms with Crippen LogP contribution < -0.4 is 4.74 Å². The van der Waals surface area contributed by atoms with Crippen molar-refractivity contribution in [1.29, 1.82) is 0 Å². The second-order valence-electron chi connectivity index (χ2n) is 9.25. The Morgan fingerprint density at radius 3 is 2.84 bits per heavy atom. The van der Waals surface area contributed by atoms with Crippen LogP contribution >= 0.6 is 22.9 Å². The molecule has 1 saturated heterocycles. The van der Waals surface area contributed by atoms with E-state index in [1.165, 1.54) is 17.0 Å². The van der Waals surface area contributed by atoms with Gasteiger partial charge < -0.3 is 19.3 Å². The number of benzene rings is 2. The van der Waals surface area contributed by atoms with E-state index in [4.69, 9.17) is 21.1 Å². The van der Waals surface area contributed by atoms with E-state index in [2.05, 4.69) is 0 Å². The van der Waals surface area contributed by atoms with Gasteiger partial charge in [-0.2, -0.15) is 0 Å². The summed E-state index contributed by atoms with van der Waals surface area (Å²) in [6.07, 6.45) is 2.42. The molecular weight excluding hydrogens is 515 g/mol. The van der Waals surface area contributed by atoms with Gasteiger partial charge in [-0.3, -0.25) is 9.59 Å². The maximum atomic E-state index is 13.7. The van der Waals surface area contributed by atoms with Crippen molar-refractivity contribution in [2.45, 2.75) is 31.4 Å². The van der Waals surface area contributed by atoms with Gasteiger partial charge in [0.2, 0.25) is 5.91 Å². The van der Waals surface area contributed by atoms with Crippen molar-refractivity contribution in [3.05, 3.63) is 86.8 Å². The Bertz CT molecular complexity index is 1260. The third-order valence-electron chi connectivity index (χ3n) is 6.75. The first-order valence-corrected chi connectivity index (χ1v) is 13.6. The summed E-state index contributed by atoms with van der Waals surface area (Å²) in [6, 6.07) is 14.4. The summed E-state index contributed by atoms with van der Waals surface area (Å²) >= 11 is 7.79. The molecule has 1 aromatic heterocycles. The Morgan fingerprint density at radius 2 is 2.05 bits per heavy atom. The summed E-state index contributed by atoms with van der Waals surface area (Å²) in [7, 11) is 0. The summed E-state index contributed by atoms with van der Waals surface area (Å²) in [4.78, 5) is 31.8. The predicted molar refractivity (Wildman–Crippen MR) is 141 cm³/mol. The molecule has 1 fully saturated rings. The number of fused-ring (bicyclic) bond motifs is 1. The maximum absolute atomic E-state index is 13.7. The minimum absolute atomic E-state index is 0.0822. The van der Waals surface area contributed by atoms with E-state index in [1.54, 1.807) is 57.5 Å².